The van der Waals surface area contributed by atoms with Crippen molar-refractivity contribution < 1.29 is 8.42 Å². The second-order valence-corrected chi connectivity index (χ2v) is 6.21. The van der Waals surface area contributed by atoms with Crippen LogP contribution in [0.3, 0.4) is 0 Å². The minimum Gasteiger partial charge on any atom is -0.313 e. The molecule has 0 saturated heterocycles. The second-order valence-electron chi connectivity index (χ2n) is 4.47. The fourth-order valence-electron chi connectivity index (χ4n) is 1.83. The molecule has 0 radical (unpaired) electrons. The largest absolute Gasteiger partial charge is 0.313 e. The number of rotatable bonds is 8. The monoisotopic (exact) mass is 284 g/mol. The highest BCUT2D eigenvalue weighted by Gasteiger charge is 2.17. The Labute approximate surface area is 116 Å². The molecule has 0 unspecified atom stereocenters. The van der Waals surface area contributed by atoms with Crippen LogP contribution >= 0.6 is 0 Å². The summed E-state index contributed by atoms with van der Waals surface area (Å²) in [6, 6.07) is 5.67. The zero-order valence-corrected chi connectivity index (χ0v) is 12.8. The molecule has 0 fully saturated rings. The van der Waals surface area contributed by atoms with E-state index in [1.807, 2.05) is 32.9 Å². The first kappa shape index (κ1) is 16.1. The van der Waals surface area contributed by atoms with Crippen molar-refractivity contribution >= 4 is 10.0 Å². The standard InChI is InChI=1S/C14H24N2O2S/c1-4-9-16-19(17,18)14-10-12(11-15-6-3)7-8-13(14)5-2/h7-8,10,15-16H,4-6,9,11H2,1-3H3. The Hall–Kier alpha value is -0.910. The molecular formula is C14H24N2O2S. The molecule has 0 spiro atoms. The topological polar surface area (TPSA) is 58.2 Å². The maximum absolute atomic E-state index is 12.3. The number of nitrogens with one attached hydrogen (secondary N) is 2. The first-order valence-electron chi connectivity index (χ1n) is 6.87. The molecule has 1 aromatic rings. The Kier molecular flexibility index (Phi) is 6.48. The Bertz CT molecular complexity index is 498. The van der Waals surface area contributed by atoms with Gasteiger partial charge >= 0.3 is 0 Å². The van der Waals surface area contributed by atoms with Crippen LogP contribution in [0.15, 0.2) is 23.1 Å². The van der Waals surface area contributed by atoms with Crippen molar-refractivity contribution in [2.75, 3.05) is 13.1 Å². The molecule has 5 heteroatoms. The lowest BCUT2D eigenvalue weighted by atomic mass is 10.1. The van der Waals surface area contributed by atoms with Gasteiger partial charge < -0.3 is 5.32 Å². The third-order valence-corrected chi connectivity index (χ3v) is 4.47. The van der Waals surface area contributed by atoms with Gasteiger partial charge in [-0.3, -0.25) is 0 Å². The summed E-state index contributed by atoms with van der Waals surface area (Å²) in [5, 5.41) is 3.21. The molecule has 108 valence electrons. The summed E-state index contributed by atoms with van der Waals surface area (Å²) in [6.45, 7) is 7.98. The molecular weight excluding hydrogens is 260 g/mol. The van der Waals surface area contributed by atoms with E-state index in [1.165, 1.54) is 0 Å². The van der Waals surface area contributed by atoms with Crippen molar-refractivity contribution in [3.63, 3.8) is 0 Å². The molecule has 0 bridgehead atoms. The van der Waals surface area contributed by atoms with Crippen molar-refractivity contribution in [2.24, 2.45) is 0 Å². The third kappa shape index (κ3) is 4.60. The summed E-state index contributed by atoms with van der Waals surface area (Å²) in [4.78, 5) is 0.416. The summed E-state index contributed by atoms with van der Waals surface area (Å²) >= 11 is 0. The van der Waals surface area contributed by atoms with E-state index in [0.29, 0.717) is 24.4 Å². The minimum atomic E-state index is -3.39. The van der Waals surface area contributed by atoms with Crippen LogP contribution in [0.1, 0.15) is 38.3 Å². The Balaban J connectivity index is 3.08. The van der Waals surface area contributed by atoms with Gasteiger partial charge in [0.25, 0.3) is 0 Å². The number of sulfonamides is 1. The Morgan fingerprint density at radius 2 is 1.89 bits per heavy atom. The molecule has 0 heterocycles. The van der Waals surface area contributed by atoms with Crippen LogP contribution in [0.25, 0.3) is 0 Å². The molecule has 0 aliphatic rings. The Morgan fingerprint density at radius 1 is 1.16 bits per heavy atom. The van der Waals surface area contributed by atoms with Gasteiger partial charge in [-0.25, -0.2) is 13.1 Å². The van der Waals surface area contributed by atoms with Crippen LogP contribution < -0.4 is 10.0 Å². The van der Waals surface area contributed by atoms with E-state index in [9.17, 15) is 8.42 Å². The van der Waals surface area contributed by atoms with Crippen LogP contribution in [-0.2, 0) is 23.0 Å². The van der Waals surface area contributed by atoms with Crippen molar-refractivity contribution in [1.82, 2.24) is 10.0 Å². The Morgan fingerprint density at radius 3 is 2.47 bits per heavy atom. The van der Waals surface area contributed by atoms with Crippen molar-refractivity contribution in [1.29, 1.82) is 0 Å². The molecule has 0 aliphatic heterocycles. The lowest BCUT2D eigenvalue weighted by Gasteiger charge is -2.12. The van der Waals surface area contributed by atoms with Crippen LogP contribution in [-0.4, -0.2) is 21.5 Å². The van der Waals surface area contributed by atoms with E-state index in [4.69, 9.17) is 0 Å². The summed E-state index contributed by atoms with van der Waals surface area (Å²) < 4.78 is 27.2. The average molecular weight is 284 g/mol. The van der Waals surface area contributed by atoms with Gasteiger partial charge in [-0.2, -0.15) is 0 Å². The van der Waals surface area contributed by atoms with E-state index in [0.717, 1.165) is 24.1 Å². The van der Waals surface area contributed by atoms with Crippen LogP contribution in [0.2, 0.25) is 0 Å². The quantitative estimate of drug-likeness (QED) is 0.768. The van der Waals surface area contributed by atoms with Crippen molar-refractivity contribution in [2.45, 2.75) is 45.1 Å². The zero-order valence-electron chi connectivity index (χ0n) is 12.0. The SMILES string of the molecule is CCCNS(=O)(=O)c1cc(CNCC)ccc1CC. The summed E-state index contributed by atoms with van der Waals surface area (Å²) in [7, 11) is -3.39. The van der Waals surface area contributed by atoms with Crippen LogP contribution in [0.5, 0.6) is 0 Å². The highest BCUT2D eigenvalue weighted by molar-refractivity contribution is 7.89. The van der Waals surface area contributed by atoms with Gasteiger partial charge in [-0.1, -0.05) is 32.9 Å². The van der Waals surface area contributed by atoms with Crippen molar-refractivity contribution in [3.8, 4) is 0 Å². The van der Waals surface area contributed by atoms with Gasteiger partial charge in [0.15, 0.2) is 0 Å². The molecule has 0 atom stereocenters. The normalized spacial score (nSPS) is 11.7. The molecule has 0 aliphatic carbocycles. The molecule has 0 saturated carbocycles. The summed E-state index contributed by atoms with van der Waals surface area (Å²) in [6.07, 6.45) is 1.50. The molecule has 1 rings (SSSR count). The molecule has 0 aromatic heterocycles. The fraction of sp³-hybridized carbons (Fsp3) is 0.571. The maximum Gasteiger partial charge on any atom is 0.240 e. The van der Waals surface area contributed by atoms with Gasteiger partial charge in [0, 0.05) is 13.1 Å². The maximum atomic E-state index is 12.3. The molecule has 0 amide bonds. The predicted molar refractivity (Wildman–Crippen MR) is 78.7 cm³/mol. The summed E-state index contributed by atoms with van der Waals surface area (Å²) in [5.41, 5.74) is 1.86. The van der Waals surface area contributed by atoms with E-state index in [-0.39, 0.29) is 0 Å². The first-order chi connectivity index (χ1) is 9.05. The lowest BCUT2D eigenvalue weighted by Crippen LogP contribution is -2.25. The van der Waals surface area contributed by atoms with E-state index in [2.05, 4.69) is 10.0 Å². The van der Waals surface area contributed by atoms with Gasteiger partial charge in [-0.05, 0) is 36.6 Å². The average Bonchev–Trinajstić information content (AvgIpc) is 2.42. The smallest absolute Gasteiger partial charge is 0.240 e. The number of benzene rings is 1. The van der Waals surface area contributed by atoms with Gasteiger partial charge in [0.05, 0.1) is 4.90 Å². The molecule has 19 heavy (non-hydrogen) atoms. The first-order valence-corrected chi connectivity index (χ1v) is 8.35. The number of hydrogen-bond acceptors (Lipinski definition) is 3. The number of aryl methyl sites for hydroxylation is 1. The van der Waals surface area contributed by atoms with Gasteiger partial charge in [-0.15, -0.1) is 0 Å². The van der Waals surface area contributed by atoms with Gasteiger partial charge in [0.2, 0.25) is 10.0 Å². The fourth-order valence-corrected chi connectivity index (χ4v) is 3.33. The number of hydrogen-bond donors (Lipinski definition) is 2. The predicted octanol–water partition coefficient (Wildman–Crippen LogP) is 2.05. The van der Waals surface area contributed by atoms with Crippen LogP contribution in [0.4, 0.5) is 0 Å². The highest BCUT2D eigenvalue weighted by atomic mass is 32.2. The van der Waals surface area contributed by atoms with Crippen LogP contribution in [0, 0.1) is 0 Å². The molecule has 1 aromatic carbocycles. The minimum absolute atomic E-state index is 0.416. The van der Waals surface area contributed by atoms with E-state index >= 15 is 0 Å². The van der Waals surface area contributed by atoms with Crippen molar-refractivity contribution in [3.05, 3.63) is 29.3 Å². The molecule has 2 N–H and O–H groups in total. The third-order valence-electron chi connectivity index (χ3n) is 2.92. The highest BCUT2D eigenvalue weighted by Crippen LogP contribution is 2.18. The second kappa shape index (κ2) is 7.62. The lowest BCUT2D eigenvalue weighted by molar-refractivity contribution is 0.579. The van der Waals surface area contributed by atoms with E-state index < -0.39 is 10.0 Å². The van der Waals surface area contributed by atoms with Gasteiger partial charge in [0.1, 0.15) is 0 Å². The summed E-state index contributed by atoms with van der Waals surface area (Å²) in [5.74, 6) is 0. The zero-order chi connectivity index (χ0) is 14.3. The van der Waals surface area contributed by atoms with E-state index in [1.54, 1.807) is 6.07 Å². The molecule has 4 nitrogen and oxygen atoms in total.